The summed E-state index contributed by atoms with van der Waals surface area (Å²) in [5, 5.41) is 2.60. The first-order valence-corrected chi connectivity index (χ1v) is 8.08. The summed E-state index contributed by atoms with van der Waals surface area (Å²) in [6.07, 6.45) is 1.02. The number of hydrogen-bond acceptors (Lipinski definition) is 3. The van der Waals surface area contributed by atoms with Gasteiger partial charge >= 0.3 is 6.09 Å². The minimum Gasteiger partial charge on any atom is -0.444 e. The molecule has 140 valence electrons. The van der Waals surface area contributed by atoms with E-state index in [1.165, 1.54) is 12.1 Å². The van der Waals surface area contributed by atoms with Crippen LogP contribution in [0, 0.1) is 11.6 Å². The lowest BCUT2D eigenvalue weighted by Gasteiger charge is -2.27. The normalized spacial score (nSPS) is 21.2. The van der Waals surface area contributed by atoms with Crippen molar-refractivity contribution < 1.29 is 27.5 Å². The fourth-order valence-corrected chi connectivity index (χ4v) is 2.59. The van der Waals surface area contributed by atoms with Gasteiger partial charge < -0.3 is 10.1 Å². The van der Waals surface area contributed by atoms with Crippen LogP contribution in [0.1, 0.15) is 39.2 Å². The topological polar surface area (TPSA) is 55.4 Å². The number of Topliss-reactive ketones (excluding diaryl/α,β-unsaturated/α-hetero) is 1. The molecule has 2 rings (SSSR count). The average molecular weight is 367 g/mol. The monoisotopic (exact) mass is 367 g/mol. The van der Waals surface area contributed by atoms with Crippen LogP contribution < -0.4 is 5.32 Å². The molecule has 1 aromatic rings. The summed E-state index contributed by atoms with van der Waals surface area (Å²) in [6, 6.07) is 2.64. The van der Waals surface area contributed by atoms with Gasteiger partial charge in [-0.2, -0.15) is 0 Å². The number of carbonyl (C=O) groups is 2. The van der Waals surface area contributed by atoms with Crippen molar-refractivity contribution in [3.8, 4) is 0 Å². The van der Waals surface area contributed by atoms with Gasteiger partial charge in [-0.05, 0) is 57.4 Å². The third-order valence-corrected chi connectivity index (χ3v) is 3.65. The number of benzene rings is 1. The lowest BCUT2D eigenvalue weighted by molar-refractivity contribution is -0.113. The highest BCUT2D eigenvalue weighted by Gasteiger charge is 2.30. The number of alkyl carbamates (subject to hydrolysis) is 1. The number of hydrogen-bond donors (Lipinski definition) is 1. The van der Waals surface area contributed by atoms with Crippen LogP contribution in [-0.4, -0.2) is 23.5 Å². The van der Waals surface area contributed by atoms with Crippen molar-refractivity contribution in [3.05, 3.63) is 52.9 Å². The number of ketones is 1. The highest BCUT2D eigenvalue weighted by molar-refractivity contribution is 6.11. The average Bonchev–Trinajstić information content (AvgIpc) is 2.52. The second-order valence-corrected chi connectivity index (χ2v) is 7.06. The van der Waals surface area contributed by atoms with Crippen LogP contribution in [0.15, 0.2) is 35.7 Å². The van der Waals surface area contributed by atoms with Gasteiger partial charge in [0.25, 0.3) is 0 Å². The number of ether oxygens (including phenoxy) is 1. The molecule has 0 aliphatic heterocycles. The molecular formula is C19H20F3NO3. The zero-order valence-electron chi connectivity index (χ0n) is 14.7. The van der Waals surface area contributed by atoms with E-state index in [1.807, 2.05) is 0 Å². The molecule has 0 spiro atoms. The molecule has 0 heterocycles. The van der Waals surface area contributed by atoms with Crippen LogP contribution >= 0.6 is 0 Å². The van der Waals surface area contributed by atoms with Gasteiger partial charge in [-0.15, -0.1) is 0 Å². The van der Waals surface area contributed by atoms with E-state index >= 15 is 0 Å². The zero-order chi connectivity index (χ0) is 19.5. The maximum atomic E-state index is 13.3. The predicted octanol–water partition coefficient (Wildman–Crippen LogP) is 4.46. The smallest absolute Gasteiger partial charge is 0.407 e. The summed E-state index contributed by atoms with van der Waals surface area (Å²) in [6.45, 7) is 5.12. The minimum absolute atomic E-state index is 0.0176. The van der Waals surface area contributed by atoms with E-state index in [9.17, 15) is 22.8 Å². The van der Waals surface area contributed by atoms with Crippen LogP contribution in [0.3, 0.4) is 0 Å². The first kappa shape index (κ1) is 19.8. The third kappa shape index (κ3) is 5.21. The van der Waals surface area contributed by atoms with E-state index in [4.69, 9.17) is 4.74 Å². The van der Waals surface area contributed by atoms with Crippen LogP contribution in [0.25, 0.3) is 6.08 Å². The van der Waals surface area contributed by atoms with E-state index in [2.05, 4.69) is 5.32 Å². The molecule has 1 N–H and O–H groups in total. The summed E-state index contributed by atoms with van der Waals surface area (Å²) < 4.78 is 44.6. The van der Waals surface area contributed by atoms with Gasteiger partial charge in [0.05, 0.1) is 6.33 Å². The zero-order valence-corrected chi connectivity index (χ0v) is 14.7. The standard InChI is InChI=1S/C19H20F3NO3/c1-19(2,3)26-18(25)23-14-8-12(17(24)13(9-14)10-20)6-11-4-5-15(21)16(22)7-11/h4-7,10,14H,8-9H2,1-3H3,(H,23,25)/b12-6+,13-10+. The number of carbonyl (C=O) groups excluding carboxylic acids is 2. The molecule has 0 aromatic heterocycles. The lowest BCUT2D eigenvalue weighted by atomic mass is 9.85. The maximum Gasteiger partial charge on any atom is 0.407 e. The molecule has 0 saturated heterocycles. The summed E-state index contributed by atoms with van der Waals surface area (Å²) in [7, 11) is 0. The van der Waals surface area contributed by atoms with Crippen LogP contribution in [0.5, 0.6) is 0 Å². The Hall–Kier alpha value is -2.57. The number of rotatable bonds is 2. The lowest BCUT2D eigenvalue weighted by Crippen LogP contribution is -2.42. The Bertz CT molecular complexity index is 779. The number of halogens is 3. The Kier molecular flexibility index (Phi) is 5.90. The predicted molar refractivity (Wildman–Crippen MR) is 90.9 cm³/mol. The largest absolute Gasteiger partial charge is 0.444 e. The highest BCUT2D eigenvalue weighted by atomic mass is 19.2. The van der Waals surface area contributed by atoms with Crippen LogP contribution in [0.2, 0.25) is 0 Å². The fraction of sp³-hybridized carbons (Fsp3) is 0.368. The van der Waals surface area contributed by atoms with Crippen LogP contribution in [-0.2, 0) is 9.53 Å². The SMILES string of the molecule is CC(C)(C)OC(=O)NC1C/C(=C\F)C(=O)/C(=C/c2ccc(F)c(F)c2)C1. The molecule has 7 heteroatoms. The molecule has 0 bridgehead atoms. The first-order valence-electron chi connectivity index (χ1n) is 8.08. The molecule has 26 heavy (non-hydrogen) atoms. The quantitative estimate of drug-likeness (QED) is 0.786. The first-order chi connectivity index (χ1) is 12.1. The molecular weight excluding hydrogens is 347 g/mol. The van der Waals surface area contributed by atoms with Gasteiger partial charge in [-0.25, -0.2) is 18.0 Å². The molecule has 1 amide bonds. The molecule has 1 atom stereocenters. The molecule has 1 aromatic carbocycles. The highest BCUT2D eigenvalue weighted by Crippen LogP contribution is 2.28. The van der Waals surface area contributed by atoms with Crippen molar-refractivity contribution in [3.63, 3.8) is 0 Å². The van der Waals surface area contributed by atoms with Gasteiger partial charge in [-0.1, -0.05) is 6.07 Å². The Labute approximate surface area is 149 Å². The van der Waals surface area contributed by atoms with Gasteiger partial charge in [0.1, 0.15) is 5.60 Å². The van der Waals surface area contributed by atoms with E-state index < -0.39 is 35.2 Å². The van der Waals surface area contributed by atoms with Crippen molar-refractivity contribution in [1.82, 2.24) is 5.32 Å². The number of nitrogens with one attached hydrogen (secondary N) is 1. The van der Waals surface area contributed by atoms with E-state index in [0.717, 1.165) is 12.1 Å². The van der Waals surface area contributed by atoms with Gasteiger partial charge in [0, 0.05) is 17.2 Å². The molecule has 1 fully saturated rings. The van der Waals surface area contributed by atoms with E-state index in [-0.39, 0.29) is 35.9 Å². The van der Waals surface area contributed by atoms with E-state index in [1.54, 1.807) is 20.8 Å². The van der Waals surface area contributed by atoms with Crippen molar-refractivity contribution in [2.24, 2.45) is 0 Å². The van der Waals surface area contributed by atoms with E-state index in [0.29, 0.717) is 0 Å². The molecule has 0 radical (unpaired) electrons. The molecule has 4 nitrogen and oxygen atoms in total. The van der Waals surface area contributed by atoms with Gasteiger partial charge in [-0.3, -0.25) is 4.79 Å². The summed E-state index contributed by atoms with van der Waals surface area (Å²) in [5.41, 5.74) is -0.348. The summed E-state index contributed by atoms with van der Waals surface area (Å²) in [4.78, 5) is 24.2. The summed E-state index contributed by atoms with van der Waals surface area (Å²) in [5.74, 6) is -2.58. The fourth-order valence-electron chi connectivity index (χ4n) is 2.59. The molecule has 1 saturated carbocycles. The Morgan fingerprint density at radius 1 is 1.19 bits per heavy atom. The maximum absolute atomic E-state index is 13.3. The van der Waals surface area contributed by atoms with Gasteiger partial charge in [0.15, 0.2) is 17.4 Å². The molecule has 1 aliphatic carbocycles. The minimum atomic E-state index is -1.05. The Morgan fingerprint density at radius 3 is 2.42 bits per heavy atom. The summed E-state index contributed by atoms with van der Waals surface area (Å²) >= 11 is 0. The van der Waals surface area contributed by atoms with Crippen molar-refractivity contribution >= 4 is 18.0 Å². The van der Waals surface area contributed by atoms with Crippen molar-refractivity contribution in [2.45, 2.75) is 45.3 Å². The molecule has 1 aliphatic rings. The van der Waals surface area contributed by atoms with Crippen molar-refractivity contribution in [2.75, 3.05) is 0 Å². The van der Waals surface area contributed by atoms with Crippen LogP contribution in [0.4, 0.5) is 18.0 Å². The molecule has 1 unspecified atom stereocenters. The second kappa shape index (κ2) is 7.76. The second-order valence-electron chi connectivity index (χ2n) is 7.06. The number of amides is 1. The van der Waals surface area contributed by atoms with Gasteiger partial charge in [0.2, 0.25) is 0 Å². The Morgan fingerprint density at radius 2 is 1.85 bits per heavy atom. The van der Waals surface area contributed by atoms with Crippen molar-refractivity contribution in [1.29, 1.82) is 0 Å². The Balaban J connectivity index is 2.22. The third-order valence-electron chi connectivity index (χ3n) is 3.65.